The lowest BCUT2D eigenvalue weighted by Gasteiger charge is -2.11. The van der Waals surface area contributed by atoms with E-state index in [9.17, 15) is 19.2 Å². The van der Waals surface area contributed by atoms with Crippen LogP contribution in [-0.4, -0.2) is 51.8 Å². The Morgan fingerprint density at radius 2 is 2.15 bits per heavy atom. The minimum absolute atomic E-state index is 0.0622. The first-order valence-electron chi connectivity index (χ1n) is 5.70. The molecule has 20 heavy (non-hydrogen) atoms. The van der Waals surface area contributed by atoms with Gasteiger partial charge in [0.2, 0.25) is 5.91 Å². The van der Waals surface area contributed by atoms with E-state index in [-0.39, 0.29) is 23.6 Å². The largest absolute Gasteiger partial charge is 0.477 e. The van der Waals surface area contributed by atoms with E-state index in [1.165, 1.54) is 19.3 Å². The summed E-state index contributed by atoms with van der Waals surface area (Å²) in [6.45, 7) is 0. The van der Waals surface area contributed by atoms with Crippen LogP contribution in [0.15, 0.2) is 18.3 Å². The number of nitrogens with zero attached hydrogens (tertiary/aromatic N) is 2. The van der Waals surface area contributed by atoms with Crippen molar-refractivity contribution in [1.29, 1.82) is 0 Å². The summed E-state index contributed by atoms with van der Waals surface area (Å²) >= 11 is 0. The normalized spacial score (nSPS) is 18.2. The van der Waals surface area contributed by atoms with Crippen LogP contribution in [0.5, 0.6) is 0 Å². The molecule has 2 N–H and O–H groups in total. The summed E-state index contributed by atoms with van der Waals surface area (Å²) in [5, 5.41) is 11.2. The molecule has 1 aromatic heterocycles. The molecule has 0 aliphatic carbocycles. The van der Waals surface area contributed by atoms with Gasteiger partial charge in [0.05, 0.1) is 6.42 Å². The van der Waals surface area contributed by atoms with Crippen molar-refractivity contribution < 1.29 is 24.3 Å². The molecule has 1 unspecified atom stereocenters. The smallest absolute Gasteiger partial charge is 0.354 e. The van der Waals surface area contributed by atoms with E-state index < -0.39 is 23.8 Å². The van der Waals surface area contributed by atoms with Crippen LogP contribution >= 0.6 is 0 Å². The monoisotopic (exact) mass is 277 g/mol. The van der Waals surface area contributed by atoms with Crippen molar-refractivity contribution in [2.45, 2.75) is 12.5 Å². The van der Waals surface area contributed by atoms with Gasteiger partial charge in [0.25, 0.3) is 11.8 Å². The summed E-state index contributed by atoms with van der Waals surface area (Å²) in [7, 11) is 1.34. The molecule has 0 saturated carbocycles. The summed E-state index contributed by atoms with van der Waals surface area (Å²) in [5.74, 6) is -2.75. The van der Waals surface area contributed by atoms with Gasteiger partial charge < -0.3 is 10.4 Å². The molecule has 0 radical (unpaired) electrons. The number of carbonyl (C=O) groups excluding carboxylic acids is 3. The number of hydrogen-bond donors (Lipinski definition) is 2. The van der Waals surface area contributed by atoms with Crippen molar-refractivity contribution in [3.63, 3.8) is 0 Å². The van der Waals surface area contributed by atoms with Crippen LogP contribution in [0.1, 0.15) is 27.3 Å². The highest BCUT2D eigenvalue weighted by molar-refractivity contribution is 6.08. The molecule has 1 aliphatic heterocycles. The van der Waals surface area contributed by atoms with Gasteiger partial charge in [-0.25, -0.2) is 9.78 Å². The Hall–Kier alpha value is -2.77. The summed E-state index contributed by atoms with van der Waals surface area (Å²) in [4.78, 5) is 50.2. The maximum Gasteiger partial charge on any atom is 0.354 e. The molecular formula is C12H11N3O5. The molecule has 0 spiro atoms. The first-order valence-corrected chi connectivity index (χ1v) is 5.70. The zero-order valence-corrected chi connectivity index (χ0v) is 10.5. The molecule has 2 rings (SSSR count). The standard InChI is InChI=1S/C12H11N3O5/c1-15-9(16)5-7(11(15)18)14-10(17)6-2-3-13-8(4-6)12(19)20/h2-4,7H,5H2,1H3,(H,14,17)(H,19,20). The predicted octanol–water partition coefficient (Wildman–Crippen LogP) is -0.733. The molecule has 1 aliphatic rings. The summed E-state index contributed by atoms with van der Waals surface area (Å²) < 4.78 is 0. The third kappa shape index (κ3) is 2.48. The molecule has 0 aromatic carbocycles. The van der Waals surface area contributed by atoms with Gasteiger partial charge >= 0.3 is 5.97 Å². The quantitative estimate of drug-likeness (QED) is 0.703. The Bertz CT molecular complexity index is 613. The van der Waals surface area contributed by atoms with Gasteiger partial charge in [0.15, 0.2) is 0 Å². The van der Waals surface area contributed by atoms with E-state index >= 15 is 0 Å². The van der Waals surface area contributed by atoms with E-state index in [0.717, 1.165) is 11.0 Å². The lowest BCUT2D eigenvalue weighted by molar-refractivity contribution is -0.137. The molecule has 8 heteroatoms. The van der Waals surface area contributed by atoms with Crippen LogP contribution in [0.4, 0.5) is 0 Å². The van der Waals surface area contributed by atoms with Crippen LogP contribution in [0.25, 0.3) is 0 Å². The maximum atomic E-state index is 11.9. The van der Waals surface area contributed by atoms with E-state index in [2.05, 4.69) is 10.3 Å². The first-order chi connectivity index (χ1) is 9.40. The number of likely N-dealkylation sites (N-methyl/N-ethyl adjacent to an activating group) is 1. The van der Waals surface area contributed by atoms with Crippen molar-refractivity contribution in [3.8, 4) is 0 Å². The molecule has 1 atom stereocenters. The average Bonchev–Trinajstić information content (AvgIpc) is 2.66. The number of aromatic nitrogens is 1. The van der Waals surface area contributed by atoms with Gasteiger partial charge in [-0.3, -0.25) is 19.3 Å². The van der Waals surface area contributed by atoms with Crippen LogP contribution in [-0.2, 0) is 9.59 Å². The highest BCUT2D eigenvalue weighted by Crippen LogP contribution is 2.11. The minimum Gasteiger partial charge on any atom is -0.477 e. The number of rotatable bonds is 3. The number of likely N-dealkylation sites (tertiary alicyclic amines) is 1. The lowest BCUT2D eigenvalue weighted by Crippen LogP contribution is -2.40. The number of amides is 3. The molecule has 1 fully saturated rings. The van der Waals surface area contributed by atoms with Gasteiger partial charge in [-0.1, -0.05) is 0 Å². The molecule has 3 amide bonds. The summed E-state index contributed by atoms with van der Waals surface area (Å²) in [5.41, 5.74) is -0.212. The molecular weight excluding hydrogens is 266 g/mol. The number of pyridine rings is 1. The fourth-order valence-electron chi connectivity index (χ4n) is 1.80. The van der Waals surface area contributed by atoms with Crippen LogP contribution < -0.4 is 5.32 Å². The Balaban J connectivity index is 2.13. The number of nitrogens with one attached hydrogen (secondary N) is 1. The van der Waals surface area contributed by atoms with Gasteiger partial charge in [0, 0.05) is 18.8 Å². The summed E-state index contributed by atoms with van der Waals surface area (Å²) in [6.07, 6.45) is 1.09. The van der Waals surface area contributed by atoms with Crippen molar-refractivity contribution >= 4 is 23.7 Å². The molecule has 1 aromatic rings. The highest BCUT2D eigenvalue weighted by Gasteiger charge is 2.37. The fourth-order valence-corrected chi connectivity index (χ4v) is 1.80. The molecule has 0 bridgehead atoms. The fraction of sp³-hybridized carbons (Fsp3) is 0.250. The second kappa shape index (κ2) is 5.08. The van der Waals surface area contributed by atoms with Gasteiger partial charge in [-0.2, -0.15) is 0 Å². The molecule has 1 saturated heterocycles. The van der Waals surface area contributed by atoms with Gasteiger partial charge in [-0.05, 0) is 12.1 Å². The Morgan fingerprint density at radius 1 is 1.45 bits per heavy atom. The van der Waals surface area contributed by atoms with Crippen LogP contribution in [0.3, 0.4) is 0 Å². The van der Waals surface area contributed by atoms with Crippen LogP contribution in [0, 0.1) is 0 Å². The van der Waals surface area contributed by atoms with Crippen LogP contribution in [0.2, 0.25) is 0 Å². The predicted molar refractivity (Wildman–Crippen MR) is 64.8 cm³/mol. The minimum atomic E-state index is -1.26. The topological polar surface area (TPSA) is 117 Å². The van der Waals surface area contributed by atoms with Crippen molar-refractivity contribution in [3.05, 3.63) is 29.6 Å². The second-order valence-electron chi connectivity index (χ2n) is 4.26. The van der Waals surface area contributed by atoms with E-state index in [4.69, 9.17) is 5.11 Å². The molecule has 8 nitrogen and oxygen atoms in total. The number of aromatic carboxylic acids is 1. The average molecular weight is 277 g/mol. The van der Waals surface area contributed by atoms with E-state index in [0.29, 0.717) is 0 Å². The van der Waals surface area contributed by atoms with Crippen molar-refractivity contribution in [1.82, 2.24) is 15.2 Å². The molecule has 2 heterocycles. The maximum absolute atomic E-state index is 11.9. The van der Waals surface area contributed by atoms with Crippen molar-refractivity contribution in [2.75, 3.05) is 7.05 Å². The van der Waals surface area contributed by atoms with Gasteiger partial charge in [-0.15, -0.1) is 0 Å². The Morgan fingerprint density at radius 3 is 2.70 bits per heavy atom. The number of imide groups is 1. The third-order valence-corrected chi connectivity index (χ3v) is 2.93. The lowest BCUT2D eigenvalue weighted by atomic mass is 10.2. The van der Waals surface area contributed by atoms with E-state index in [1.807, 2.05) is 0 Å². The number of carboxylic acid groups (broad SMARTS) is 1. The summed E-state index contributed by atoms with van der Waals surface area (Å²) in [6, 6.07) is 1.51. The van der Waals surface area contributed by atoms with E-state index in [1.54, 1.807) is 0 Å². The second-order valence-corrected chi connectivity index (χ2v) is 4.26. The SMILES string of the molecule is CN1C(=O)CC(NC(=O)c2ccnc(C(=O)O)c2)C1=O. The zero-order valence-electron chi connectivity index (χ0n) is 10.5. The molecule has 104 valence electrons. The highest BCUT2D eigenvalue weighted by atomic mass is 16.4. The number of carboxylic acids is 1. The van der Waals surface area contributed by atoms with Gasteiger partial charge in [0.1, 0.15) is 11.7 Å². The zero-order chi connectivity index (χ0) is 14.9. The Kier molecular flexibility index (Phi) is 3.47. The first kappa shape index (κ1) is 13.7. The Labute approximate surface area is 113 Å². The van der Waals surface area contributed by atoms with Crippen molar-refractivity contribution in [2.24, 2.45) is 0 Å². The third-order valence-electron chi connectivity index (χ3n) is 2.93. The number of hydrogen-bond acceptors (Lipinski definition) is 5. The number of carbonyl (C=O) groups is 4.